The quantitative estimate of drug-likeness (QED) is 0.742. The third-order valence-corrected chi connectivity index (χ3v) is 5.52. The van der Waals surface area contributed by atoms with E-state index < -0.39 is 5.97 Å². The molecule has 0 bridgehead atoms. The average molecular weight is 340 g/mol. The van der Waals surface area contributed by atoms with Gasteiger partial charge in [0.1, 0.15) is 0 Å². The molecule has 0 fully saturated rings. The van der Waals surface area contributed by atoms with Crippen molar-refractivity contribution in [2.45, 2.75) is 25.3 Å². The molecule has 0 spiro atoms. The minimum absolute atomic E-state index is 0.150. The van der Waals surface area contributed by atoms with Gasteiger partial charge in [0, 0.05) is 22.2 Å². The number of anilines is 1. The fourth-order valence-electron chi connectivity index (χ4n) is 3.97. The van der Waals surface area contributed by atoms with E-state index in [1.165, 1.54) is 11.1 Å². The third kappa shape index (κ3) is 2.31. The van der Waals surface area contributed by atoms with Gasteiger partial charge < -0.3 is 10.4 Å². The Morgan fingerprint density at radius 2 is 1.96 bits per heavy atom. The minimum Gasteiger partial charge on any atom is -0.478 e. The van der Waals surface area contributed by atoms with Crippen molar-refractivity contribution < 1.29 is 9.90 Å². The van der Waals surface area contributed by atoms with Crippen LogP contribution in [0.1, 0.15) is 45.4 Å². The third-order valence-electron chi connectivity index (χ3n) is 5.19. The van der Waals surface area contributed by atoms with Gasteiger partial charge in [0.15, 0.2) is 0 Å². The molecular weight excluding hydrogens is 322 g/mol. The summed E-state index contributed by atoms with van der Waals surface area (Å²) in [6, 6.07) is 11.4. The lowest BCUT2D eigenvalue weighted by molar-refractivity contribution is 0.0697. The number of rotatable bonds is 2. The van der Waals surface area contributed by atoms with Gasteiger partial charge in [-0.3, -0.25) is 0 Å². The van der Waals surface area contributed by atoms with Gasteiger partial charge in [0.05, 0.1) is 11.6 Å². The molecule has 0 unspecified atom stereocenters. The predicted octanol–water partition coefficient (Wildman–Crippen LogP) is 5.17. The van der Waals surface area contributed by atoms with Crippen LogP contribution in [0.4, 0.5) is 5.69 Å². The molecule has 122 valence electrons. The molecule has 1 heterocycles. The highest BCUT2D eigenvalue weighted by Crippen LogP contribution is 2.52. The number of hydrogen-bond acceptors (Lipinski definition) is 2. The highest BCUT2D eigenvalue weighted by atomic mass is 35.5. The van der Waals surface area contributed by atoms with Crippen molar-refractivity contribution in [2.75, 3.05) is 5.32 Å². The summed E-state index contributed by atoms with van der Waals surface area (Å²) in [4.78, 5) is 11.1. The molecule has 3 atom stereocenters. The van der Waals surface area contributed by atoms with E-state index in [9.17, 15) is 4.79 Å². The van der Waals surface area contributed by atoms with Crippen LogP contribution in [0.15, 0.2) is 48.6 Å². The highest BCUT2D eigenvalue weighted by Gasteiger charge is 2.39. The number of nitrogens with one attached hydrogen (secondary N) is 1. The molecule has 0 saturated heterocycles. The number of fused-ring (bicyclic) bond motifs is 3. The molecule has 1 aliphatic heterocycles. The topological polar surface area (TPSA) is 49.3 Å². The average Bonchev–Trinajstić information content (AvgIpc) is 3.07. The number of carbonyl (C=O) groups is 1. The molecule has 0 radical (unpaired) electrons. The molecule has 0 saturated carbocycles. The lowest BCUT2D eigenvalue weighted by Crippen LogP contribution is -2.29. The number of allylic oxidation sites excluding steroid dienone is 2. The second-order valence-corrected chi connectivity index (χ2v) is 6.96. The second kappa shape index (κ2) is 5.67. The van der Waals surface area contributed by atoms with Gasteiger partial charge in [0.2, 0.25) is 0 Å². The van der Waals surface area contributed by atoms with Gasteiger partial charge in [0.25, 0.3) is 0 Å². The summed E-state index contributed by atoms with van der Waals surface area (Å²) in [6.45, 7) is 2.09. The molecule has 24 heavy (non-hydrogen) atoms. The van der Waals surface area contributed by atoms with Crippen molar-refractivity contribution in [3.05, 3.63) is 75.8 Å². The molecule has 2 aliphatic rings. The van der Waals surface area contributed by atoms with Gasteiger partial charge in [-0.05, 0) is 48.6 Å². The monoisotopic (exact) mass is 339 g/mol. The van der Waals surface area contributed by atoms with Gasteiger partial charge in [-0.2, -0.15) is 0 Å². The number of aromatic carboxylic acids is 1. The van der Waals surface area contributed by atoms with Crippen LogP contribution in [0.2, 0.25) is 5.02 Å². The standard InChI is InChI=1S/C20H18ClNO2/c1-11-5-10-16(21)17-14-3-2-4-15(14)19(22-18(11)17)12-6-8-13(9-7-12)20(23)24/h2-3,5-10,14-15,19,22H,4H2,1H3,(H,23,24)/t14-,15-,19+/m1/s1. The summed E-state index contributed by atoms with van der Waals surface area (Å²) in [7, 11) is 0. The summed E-state index contributed by atoms with van der Waals surface area (Å²) in [6.07, 6.45) is 5.48. The largest absolute Gasteiger partial charge is 0.478 e. The van der Waals surface area contributed by atoms with Crippen molar-refractivity contribution in [1.82, 2.24) is 0 Å². The number of hydrogen-bond donors (Lipinski definition) is 2. The van der Waals surface area contributed by atoms with E-state index in [4.69, 9.17) is 16.7 Å². The number of benzene rings is 2. The molecule has 2 N–H and O–H groups in total. The minimum atomic E-state index is -0.897. The zero-order valence-electron chi connectivity index (χ0n) is 13.3. The van der Waals surface area contributed by atoms with E-state index in [1.807, 2.05) is 24.3 Å². The van der Waals surface area contributed by atoms with E-state index in [2.05, 4.69) is 24.4 Å². The van der Waals surface area contributed by atoms with Crippen LogP contribution >= 0.6 is 11.6 Å². The molecule has 4 rings (SSSR count). The first-order chi connectivity index (χ1) is 11.6. The smallest absolute Gasteiger partial charge is 0.335 e. The normalized spacial score (nSPS) is 24.2. The molecule has 2 aromatic carbocycles. The van der Waals surface area contributed by atoms with Crippen LogP contribution in [0.5, 0.6) is 0 Å². The van der Waals surface area contributed by atoms with Crippen LogP contribution in [0.3, 0.4) is 0 Å². The maximum atomic E-state index is 11.1. The Labute approximate surface area is 146 Å². The summed E-state index contributed by atoms with van der Waals surface area (Å²) in [5.74, 6) is -0.197. The molecule has 0 amide bonds. The predicted molar refractivity (Wildman–Crippen MR) is 95.9 cm³/mol. The van der Waals surface area contributed by atoms with Crippen LogP contribution < -0.4 is 5.32 Å². The Morgan fingerprint density at radius 1 is 1.21 bits per heavy atom. The fourth-order valence-corrected chi connectivity index (χ4v) is 4.26. The van der Waals surface area contributed by atoms with Crippen molar-refractivity contribution in [1.29, 1.82) is 0 Å². The zero-order chi connectivity index (χ0) is 16.8. The number of aryl methyl sites for hydroxylation is 1. The van der Waals surface area contributed by atoms with E-state index >= 15 is 0 Å². The highest BCUT2D eigenvalue weighted by molar-refractivity contribution is 6.32. The first-order valence-electron chi connectivity index (χ1n) is 8.11. The zero-order valence-corrected chi connectivity index (χ0v) is 14.0. The molecule has 2 aromatic rings. The van der Waals surface area contributed by atoms with Gasteiger partial charge in [-0.1, -0.05) is 42.0 Å². The van der Waals surface area contributed by atoms with Crippen molar-refractivity contribution in [3.63, 3.8) is 0 Å². The van der Waals surface area contributed by atoms with Crippen LogP contribution in [0, 0.1) is 12.8 Å². The lowest BCUT2D eigenvalue weighted by Gasteiger charge is -2.38. The van der Waals surface area contributed by atoms with Crippen molar-refractivity contribution in [3.8, 4) is 0 Å². The van der Waals surface area contributed by atoms with Gasteiger partial charge in [-0.15, -0.1) is 0 Å². The molecule has 1 aliphatic carbocycles. The molecule has 0 aromatic heterocycles. The summed E-state index contributed by atoms with van der Waals surface area (Å²) in [5, 5.41) is 13.6. The van der Waals surface area contributed by atoms with Crippen LogP contribution in [-0.4, -0.2) is 11.1 Å². The Bertz CT molecular complexity index is 841. The Hall–Kier alpha value is -2.26. The fraction of sp³-hybridized carbons (Fsp3) is 0.250. The van der Waals surface area contributed by atoms with Gasteiger partial charge >= 0.3 is 5.97 Å². The first kappa shape index (κ1) is 15.3. The Balaban J connectivity index is 1.78. The number of halogens is 1. The summed E-state index contributed by atoms with van der Waals surface area (Å²) < 4.78 is 0. The molecule has 3 nitrogen and oxygen atoms in total. The van der Waals surface area contributed by atoms with E-state index in [-0.39, 0.29) is 6.04 Å². The van der Waals surface area contributed by atoms with E-state index in [0.29, 0.717) is 17.4 Å². The van der Waals surface area contributed by atoms with E-state index in [0.717, 1.165) is 22.7 Å². The maximum absolute atomic E-state index is 11.1. The summed E-state index contributed by atoms with van der Waals surface area (Å²) in [5.41, 5.74) is 4.91. The number of carboxylic acids is 1. The van der Waals surface area contributed by atoms with Crippen LogP contribution in [0.25, 0.3) is 0 Å². The Morgan fingerprint density at radius 3 is 2.67 bits per heavy atom. The SMILES string of the molecule is Cc1ccc(Cl)c2c1N[C@@H](c1ccc(C(=O)O)cc1)[C@@H]1CC=C[C@@H]21. The lowest BCUT2D eigenvalue weighted by atomic mass is 9.76. The molecule has 4 heteroatoms. The van der Waals surface area contributed by atoms with Crippen molar-refractivity contribution in [2.24, 2.45) is 5.92 Å². The van der Waals surface area contributed by atoms with Crippen molar-refractivity contribution >= 4 is 23.3 Å². The van der Waals surface area contributed by atoms with E-state index in [1.54, 1.807) is 12.1 Å². The number of carboxylic acid groups (broad SMARTS) is 1. The first-order valence-corrected chi connectivity index (χ1v) is 8.49. The molecular formula is C20H18ClNO2. The van der Waals surface area contributed by atoms with Crippen LogP contribution in [-0.2, 0) is 0 Å². The summed E-state index contributed by atoms with van der Waals surface area (Å²) >= 11 is 6.49. The Kier molecular flexibility index (Phi) is 3.61. The maximum Gasteiger partial charge on any atom is 0.335 e. The van der Waals surface area contributed by atoms with Gasteiger partial charge in [-0.25, -0.2) is 4.79 Å². The second-order valence-electron chi connectivity index (χ2n) is 6.56.